The number of hydrogen-bond donors (Lipinski definition) is 0. The molecule has 0 aliphatic carbocycles. The molecule has 0 N–H and O–H groups in total. The zero-order valence-electron chi connectivity index (χ0n) is 21.5. The normalized spacial score (nSPS) is 15.6. The van der Waals surface area contributed by atoms with Crippen LogP contribution in [-0.4, -0.2) is 36.2 Å². The lowest BCUT2D eigenvalue weighted by molar-refractivity contribution is 0.0288. The van der Waals surface area contributed by atoms with Crippen LogP contribution in [0.3, 0.4) is 0 Å². The monoisotopic (exact) mass is 506 g/mol. The summed E-state index contributed by atoms with van der Waals surface area (Å²) in [7, 11) is 0. The van der Waals surface area contributed by atoms with Crippen molar-refractivity contribution in [3.63, 3.8) is 0 Å². The van der Waals surface area contributed by atoms with Gasteiger partial charge in [0.25, 0.3) is 0 Å². The van der Waals surface area contributed by atoms with E-state index in [1.807, 2.05) is 62.1 Å². The smallest absolute Gasteiger partial charge is 0.410 e. The van der Waals surface area contributed by atoms with E-state index in [1.54, 1.807) is 0 Å². The Morgan fingerprint density at radius 2 is 1.58 bits per heavy atom. The maximum absolute atomic E-state index is 12.6. The number of ether oxygens (including phenoxy) is 2. The molecule has 190 valence electrons. The van der Waals surface area contributed by atoms with Crippen molar-refractivity contribution in [1.82, 2.24) is 4.90 Å². The highest BCUT2D eigenvalue weighted by atomic mass is 35.5. The SMILES string of the molecule is Cc1ccc(CN(CC2CCN(C(=O)OC(C)(C)C)C2)c2ccc(Oc3ccc(Cl)cc3)cc2)cc1. The fourth-order valence-corrected chi connectivity index (χ4v) is 4.45. The Bertz CT molecular complexity index is 1140. The quantitative estimate of drug-likeness (QED) is 0.329. The van der Waals surface area contributed by atoms with Gasteiger partial charge in [-0.05, 0) is 94.1 Å². The van der Waals surface area contributed by atoms with Crippen LogP contribution in [0.25, 0.3) is 0 Å². The molecule has 1 unspecified atom stereocenters. The van der Waals surface area contributed by atoms with Crippen molar-refractivity contribution in [3.8, 4) is 11.5 Å². The van der Waals surface area contributed by atoms with E-state index < -0.39 is 5.60 Å². The van der Waals surface area contributed by atoms with Crippen molar-refractivity contribution >= 4 is 23.4 Å². The minimum Gasteiger partial charge on any atom is -0.457 e. The average molecular weight is 507 g/mol. The van der Waals surface area contributed by atoms with Crippen LogP contribution < -0.4 is 9.64 Å². The van der Waals surface area contributed by atoms with Gasteiger partial charge in [-0.3, -0.25) is 0 Å². The third-order valence-corrected chi connectivity index (χ3v) is 6.41. The zero-order chi connectivity index (χ0) is 25.7. The first-order chi connectivity index (χ1) is 17.1. The highest BCUT2D eigenvalue weighted by molar-refractivity contribution is 6.30. The molecule has 1 aliphatic heterocycles. The molecule has 6 heteroatoms. The first kappa shape index (κ1) is 25.9. The lowest BCUT2D eigenvalue weighted by atomic mass is 10.1. The van der Waals surface area contributed by atoms with Gasteiger partial charge in [0.1, 0.15) is 17.1 Å². The number of rotatable bonds is 7. The molecule has 1 atom stereocenters. The highest BCUT2D eigenvalue weighted by Gasteiger charge is 2.31. The number of nitrogens with zero attached hydrogens (tertiary/aromatic N) is 2. The lowest BCUT2D eigenvalue weighted by Gasteiger charge is -2.29. The number of amides is 1. The number of halogens is 1. The van der Waals surface area contributed by atoms with Gasteiger partial charge in [0, 0.05) is 36.9 Å². The fraction of sp³-hybridized carbons (Fsp3) is 0.367. The number of likely N-dealkylation sites (tertiary alicyclic amines) is 1. The summed E-state index contributed by atoms with van der Waals surface area (Å²) in [5.41, 5.74) is 3.14. The number of anilines is 1. The Labute approximate surface area is 219 Å². The van der Waals surface area contributed by atoms with E-state index >= 15 is 0 Å². The number of carbonyl (C=O) groups is 1. The molecule has 0 aromatic heterocycles. The van der Waals surface area contributed by atoms with Crippen LogP contribution in [-0.2, 0) is 11.3 Å². The first-order valence-electron chi connectivity index (χ1n) is 12.5. The number of benzene rings is 3. The zero-order valence-corrected chi connectivity index (χ0v) is 22.3. The second kappa shape index (κ2) is 11.3. The number of hydrogen-bond acceptors (Lipinski definition) is 4. The third-order valence-electron chi connectivity index (χ3n) is 6.16. The largest absolute Gasteiger partial charge is 0.457 e. The molecular formula is C30H35ClN2O3. The lowest BCUT2D eigenvalue weighted by Crippen LogP contribution is -2.36. The molecule has 0 radical (unpaired) electrons. The van der Waals surface area contributed by atoms with Gasteiger partial charge in [0.15, 0.2) is 0 Å². The van der Waals surface area contributed by atoms with Crippen LogP contribution in [0.15, 0.2) is 72.8 Å². The van der Waals surface area contributed by atoms with E-state index in [9.17, 15) is 4.79 Å². The van der Waals surface area contributed by atoms with Crippen LogP contribution in [0, 0.1) is 12.8 Å². The number of carbonyl (C=O) groups excluding carboxylic acids is 1. The molecule has 3 aromatic carbocycles. The van der Waals surface area contributed by atoms with Crippen molar-refractivity contribution in [2.75, 3.05) is 24.5 Å². The Balaban J connectivity index is 1.46. The van der Waals surface area contributed by atoms with Crippen LogP contribution in [0.2, 0.25) is 5.02 Å². The molecule has 0 bridgehead atoms. The van der Waals surface area contributed by atoms with Gasteiger partial charge < -0.3 is 19.3 Å². The predicted octanol–water partition coefficient (Wildman–Crippen LogP) is 7.70. The van der Waals surface area contributed by atoms with E-state index in [4.69, 9.17) is 21.1 Å². The van der Waals surface area contributed by atoms with Crippen LogP contribution in [0.5, 0.6) is 11.5 Å². The Hall–Kier alpha value is -3.18. The highest BCUT2D eigenvalue weighted by Crippen LogP contribution is 2.28. The summed E-state index contributed by atoms with van der Waals surface area (Å²) in [5.74, 6) is 1.89. The second-order valence-corrected chi connectivity index (χ2v) is 10.9. The van der Waals surface area contributed by atoms with E-state index in [2.05, 4.69) is 48.2 Å². The summed E-state index contributed by atoms with van der Waals surface area (Å²) in [6, 6.07) is 24.2. The van der Waals surface area contributed by atoms with Crippen molar-refractivity contribution in [1.29, 1.82) is 0 Å². The van der Waals surface area contributed by atoms with Gasteiger partial charge in [-0.1, -0.05) is 41.4 Å². The Morgan fingerprint density at radius 3 is 2.19 bits per heavy atom. The summed E-state index contributed by atoms with van der Waals surface area (Å²) < 4.78 is 11.6. The van der Waals surface area contributed by atoms with E-state index in [0.717, 1.165) is 43.2 Å². The topological polar surface area (TPSA) is 42.0 Å². The van der Waals surface area contributed by atoms with Crippen molar-refractivity contribution in [2.24, 2.45) is 5.92 Å². The molecule has 0 spiro atoms. The summed E-state index contributed by atoms with van der Waals surface area (Å²) in [6.45, 7) is 10.9. The maximum Gasteiger partial charge on any atom is 0.410 e. The third kappa shape index (κ3) is 7.41. The molecule has 4 rings (SSSR count). The molecular weight excluding hydrogens is 472 g/mol. The van der Waals surface area contributed by atoms with E-state index in [-0.39, 0.29) is 6.09 Å². The predicted molar refractivity (Wildman–Crippen MR) is 146 cm³/mol. The summed E-state index contributed by atoms with van der Waals surface area (Å²) in [6.07, 6.45) is 0.736. The first-order valence-corrected chi connectivity index (χ1v) is 12.8. The molecule has 0 saturated carbocycles. The standard InChI is InChI=1S/C30H35ClN2O3/c1-22-5-7-23(8-6-22)19-33(21-24-17-18-32(20-24)29(34)36-30(2,3)4)26-11-15-28(16-12-26)35-27-13-9-25(31)10-14-27/h5-16,24H,17-21H2,1-4H3. The van der Waals surface area contributed by atoms with Gasteiger partial charge in [-0.25, -0.2) is 4.79 Å². The van der Waals surface area contributed by atoms with Crippen molar-refractivity contribution in [2.45, 2.75) is 46.3 Å². The molecule has 36 heavy (non-hydrogen) atoms. The maximum atomic E-state index is 12.6. The molecule has 3 aromatic rings. The van der Waals surface area contributed by atoms with Crippen LogP contribution in [0.1, 0.15) is 38.3 Å². The van der Waals surface area contributed by atoms with E-state index in [1.165, 1.54) is 11.1 Å². The summed E-state index contributed by atoms with van der Waals surface area (Å²) in [5, 5.41) is 0.682. The summed E-state index contributed by atoms with van der Waals surface area (Å²) in [4.78, 5) is 16.8. The summed E-state index contributed by atoms with van der Waals surface area (Å²) >= 11 is 5.98. The molecule has 1 fully saturated rings. The van der Waals surface area contributed by atoms with Gasteiger partial charge >= 0.3 is 6.09 Å². The minimum absolute atomic E-state index is 0.223. The Morgan fingerprint density at radius 1 is 0.972 bits per heavy atom. The van der Waals surface area contributed by atoms with Gasteiger partial charge in [-0.15, -0.1) is 0 Å². The van der Waals surface area contributed by atoms with Crippen molar-refractivity contribution < 1.29 is 14.3 Å². The molecule has 1 amide bonds. The fourth-order valence-electron chi connectivity index (χ4n) is 4.32. The average Bonchev–Trinajstić information content (AvgIpc) is 3.30. The van der Waals surface area contributed by atoms with Gasteiger partial charge in [0.2, 0.25) is 0 Å². The van der Waals surface area contributed by atoms with E-state index in [0.29, 0.717) is 17.5 Å². The molecule has 1 aliphatic rings. The van der Waals surface area contributed by atoms with Crippen LogP contribution in [0.4, 0.5) is 10.5 Å². The Kier molecular flexibility index (Phi) is 8.10. The minimum atomic E-state index is -0.484. The van der Waals surface area contributed by atoms with Crippen molar-refractivity contribution in [3.05, 3.63) is 88.9 Å². The van der Waals surface area contributed by atoms with Gasteiger partial charge in [0.05, 0.1) is 0 Å². The molecule has 1 saturated heterocycles. The second-order valence-electron chi connectivity index (χ2n) is 10.5. The molecule has 5 nitrogen and oxygen atoms in total. The van der Waals surface area contributed by atoms with Crippen LogP contribution >= 0.6 is 11.6 Å². The van der Waals surface area contributed by atoms with Gasteiger partial charge in [-0.2, -0.15) is 0 Å². The molecule has 1 heterocycles. The number of aryl methyl sites for hydroxylation is 1.